The maximum Gasteiger partial charge on any atom is 0.335 e. The Morgan fingerprint density at radius 3 is 1.94 bits per heavy atom. The zero-order valence-corrected chi connectivity index (χ0v) is 10.1. The van der Waals surface area contributed by atoms with Gasteiger partial charge in [0.25, 0.3) is 0 Å². The summed E-state index contributed by atoms with van der Waals surface area (Å²) in [5.74, 6) is -0.923. The van der Waals surface area contributed by atoms with E-state index in [-0.39, 0.29) is 5.56 Å². The first kappa shape index (κ1) is 12.2. The lowest BCUT2D eigenvalue weighted by molar-refractivity contribution is 0.0697. The molecule has 0 aliphatic carbocycles. The van der Waals surface area contributed by atoms with Gasteiger partial charge in [-0.15, -0.1) is 0 Å². The number of hydrogen-bond acceptors (Lipinski definition) is 2. The predicted octanol–water partition coefficient (Wildman–Crippen LogP) is 4.09. The van der Waals surface area contributed by atoms with Crippen LogP contribution >= 0.6 is 11.8 Å². The molecule has 1 N–H and O–H groups in total. The van der Waals surface area contributed by atoms with Crippen LogP contribution in [0.15, 0.2) is 58.3 Å². The molecule has 4 heteroatoms. The zero-order chi connectivity index (χ0) is 13.0. The highest BCUT2D eigenvalue weighted by molar-refractivity contribution is 7.99. The largest absolute Gasteiger partial charge is 0.478 e. The van der Waals surface area contributed by atoms with Gasteiger partial charge in [0, 0.05) is 9.79 Å². The first-order valence-electron chi connectivity index (χ1n) is 5.18. The van der Waals surface area contributed by atoms with E-state index in [0.717, 1.165) is 9.79 Å². The smallest absolute Gasteiger partial charge is 0.335 e. The van der Waals surface area contributed by atoms with Crippen LogP contribution in [0.3, 0.4) is 0 Å². The molecule has 2 aromatic carbocycles. The molecule has 0 bridgehead atoms. The van der Waals surface area contributed by atoms with Crippen LogP contribution in [-0.4, -0.2) is 11.1 Å². The van der Waals surface area contributed by atoms with Crippen LogP contribution in [0.4, 0.5) is 5.69 Å². The van der Waals surface area contributed by atoms with Crippen LogP contribution in [0.1, 0.15) is 10.4 Å². The fourth-order valence-corrected chi connectivity index (χ4v) is 2.21. The summed E-state index contributed by atoms with van der Waals surface area (Å²) in [5, 5.41) is 8.79. The number of carbonyl (C=O) groups is 1. The molecule has 0 unspecified atom stereocenters. The number of carboxylic acids is 1. The summed E-state index contributed by atoms with van der Waals surface area (Å²) in [6.07, 6.45) is 0. The Balaban J connectivity index is 2.13. The minimum Gasteiger partial charge on any atom is -0.478 e. The van der Waals surface area contributed by atoms with E-state index < -0.39 is 5.97 Å². The molecule has 0 amide bonds. The number of rotatable bonds is 3. The van der Waals surface area contributed by atoms with Gasteiger partial charge in [0.15, 0.2) is 5.69 Å². The Bertz CT molecular complexity index is 597. The summed E-state index contributed by atoms with van der Waals surface area (Å²) >= 11 is 1.53. The molecule has 2 rings (SSSR count). The van der Waals surface area contributed by atoms with E-state index in [4.69, 9.17) is 11.7 Å². The summed E-state index contributed by atoms with van der Waals surface area (Å²) in [7, 11) is 0. The van der Waals surface area contributed by atoms with Crippen LogP contribution in [0.2, 0.25) is 0 Å². The van der Waals surface area contributed by atoms with Crippen LogP contribution in [-0.2, 0) is 0 Å². The van der Waals surface area contributed by atoms with Gasteiger partial charge < -0.3 is 5.11 Å². The second-order valence-corrected chi connectivity index (χ2v) is 4.68. The molecule has 0 heterocycles. The number of aromatic carboxylic acids is 1. The highest BCUT2D eigenvalue weighted by Gasteiger charge is 2.02. The molecule has 0 radical (unpaired) electrons. The lowest BCUT2D eigenvalue weighted by Crippen LogP contribution is -1.94. The van der Waals surface area contributed by atoms with Crippen LogP contribution in [0, 0.1) is 6.57 Å². The van der Waals surface area contributed by atoms with Gasteiger partial charge in [-0.05, 0) is 24.3 Å². The van der Waals surface area contributed by atoms with Crippen molar-refractivity contribution in [2.75, 3.05) is 0 Å². The van der Waals surface area contributed by atoms with Crippen molar-refractivity contribution in [1.82, 2.24) is 0 Å². The van der Waals surface area contributed by atoms with Crippen LogP contribution in [0.25, 0.3) is 4.85 Å². The molecule has 18 heavy (non-hydrogen) atoms. The summed E-state index contributed by atoms with van der Waals surface area (Å²) in [6.45, 7) is 6.86. The molecular weight excluding hydrogens is 246 g/mol. The minimum atomic E-state index is -0.923. The Hall–Kier alpha value is -2.25. The minimum absolute atomic E-state index is 0.280. The standard InChI is InChI=1S/C14H9NO2S/c1-15-11-4-8-13(9-5-11)18-12-6-2-10(3-7-12)14(16)17/h2-9H,(H,16,17). The monoisotopic (exact) mass is 255 g/mol. The van der Waals surface area contributed by atoms with Crippen molar-refractivity contribution in [3.63, 3.8) is 0 Å². The molecule has 0 aromatic heterocycles. The second kappa shape index (κ2) is 5.39. The molecule has 88 valence electrons. The quantitative estimate of drug-likeness (QED) is 0.840. The van der Waals surface area contributed by atoms with E-state index >= 15 is 0 Å². The molecule has 0 aliphatic rings. The first-order valence-corrected chi connectivity index (χ1v) is 5.99. The van der Waals surface area contributed by atoms with Crippen molar-refractivity contribution in [1.29, 1.82) is 0 Å². The Morgan fingerprint density at radius 2 is 1.50 bits per heavy atom. The Morgan fingerprint density at radius 1 is 1.00 bits per heavy atom. The molecule has 2 aromatic rings. The van der Waals surface area contributed by atoms with Gasteiger partial charge in [-0.2, -0.15) is 0 Å². The van der Waals surface area contributed by atoms with Gasteiger partial charge in [0.2, 0.25) is 0 Å². The van der Waals surface area contributed by atoms with Gasteiger partial charge in [-0.1, -0.05) is 36.0 Å². The van der Waals surface area contributed by atoms with Crippen LogP contribution in [0.5, 0.6) is 0 Å². The highest BCUT2D eigenvalue weighted by Crippen LogP contribution is 2.29. The molecule has 0 aliphatic heterocycles. The third kappa shape index (κ3) is 2.90. The van der Waals surface area contributed by atoms with Gasteiger partial charge in [0.05, 0.1) is 12.1 Å². The Labute approximate surface area is 109 Å². The number of nitrogens with zero attached hydrogens (tertiary/aromatic N) is 1. The van der Waals surface area contributed by atoms with Crippen molar-refractivity contribution < 1.29 is 9.90 Å². The van der Waals surface area contributed by atoms with E-state index in [9.17, 15) is 4.79 Å². The maximum absolute atomic E-state index is 10.7. The van der Waals surface area contributed by atoms with Crippen molar-refractivity contribution in [2.24, 2.45) is 0 Å². The van der Waals surface area contributed by atoms with E-state index in [1.54, 1.807) is 36.4 Å². The third-order valence-corrected chi connectivity index (χ3v) is 3.32. The van der Waals surface area contributed by atoms with Crippen molar-refractivity contribution in [3.05, 3.63) is 65.5 Å². The summed E-state index contributed by atoms with van der Waals surface area (Å²) in [6, 6.07) is 14.0. The number of benzene rings is 2. The predicted molar refractivity (Wildman–Crippen MR) is 70.2 cm³/mol. The average Bonchev–Trinajstić information content (AvgIpc) is 2.40. The molecule has 0 atom stereocenters. The van der Waals surface area contributed by atoms with Gasteiger partial charge >= 0.3 is 5.97 Å². The SMILES string of the molecule is [C-]#[N+]c1ccc(Sc2ccc(C(=O)O)cc2)cc1. The Kier molecular flexibility index (Phi) is 3.66. The van der Waals surface area contributed by atoms with Crippen molar-refractivity contribution in [2.45, 2.75) is 9.79 Å². The summed E-state index contributed by atoms with van der Waals surface area (Å²) < 4.78 is 0. The molecule has 3 nitrogen and oxygen atoms in total. The average molecular weight is 255 g/mol. The summed E-state index contributed by atoms with van der Waals surface area (Å²) in [4.78, 5) is 16.0. The van der Waals surface area contributed by atoms with E-state index in [0.29, 0.717) is 5.69 Å². The highest BCUT2D eigenvalue weighted by atomic mass is 32.2. The topological polar surface area (TPSA) is 41.7 Å². The van der Waals surface area contributed by atoms with Gasteiger partial charge in [-0.25, -0.2) is 9.64 Å². The molecule has 0 saturated carbocycles. The third-order valence-electron chi connectivity index (χ3n) is 2.30. The normalized spacial score (nSPS) is 9.72. The molecule has 0 spiro atoms. The van der Waals surface area contributed by atoms with E-state index in [1.807, 2.05) is 12.1 Å². The van der Waals surface area contributed by atoms with Gasteiger partial charge in [0.1, 0.15) is 0 Å². The number of hydrogen-bond donors (Lipinski definition) is 1. The zero-order valence-electron chi connectivity index (χ0n) is 9.33. The van der Waals surface area contributed by atoms with E-state index in [2.05, 4.69) is 4.85 Å². The fraction of sp³-hybridized carbons (Fsp3) is 0. The second-order valence-electron chi connectivity index (χ2n) is 3.54. The summed E-state index contributed by atoms with van der Waals surface area (Å²) in [5.41, 5.74) is 0.892. The number of carboxylic acid groups (broad SMARTS) is 1. The molecule has 0 saturated heterocycles. The van der Waals surface area contributed by atoms with E-state index in [1.165, 1.54) is 11.8 Å². The maximum atomic E-state index is 10.7. The molecule has 0 fully saturated rings. The van der Waals surface area contributed by atoms with Gasteiger partial charge in [-0.3, -0.25) is 0 Å². The van der Waals surface area contributed by atoms with Crippen molar-refractivity contribution in [3.8, 4) is 0 Å². The lowest BCUT2D eigenvalue weighted by Gasteiger charge is -2.02. The fourth-order valence-electron chi connectivity index (χ4n) is 1.39. The molecular formula is C14H9NO2S. The lowest BCUT2D eigenvalue weighted by atomic mass is 10.2. The van der Waals surface area contributed by atoms with Crippen molar-refractivity contribution >= 4 is 23.4 Å². The van der Waals surface area contributed by atoms with Crippen LogP contribution < -0.4 is 0 Å². The first-order chi connectivity index (χ1) is 8.69.